The predicted octanol–water partition coefficient (Wildman–Crippen LogP) is 3.81. The molecule has 1 N–H and O–H groups in total. The van der Waals surface area contributed by atoms with Crippen molar-refractivity contribution in [1.82, 2.24) is 14.9 Å². The Balaban J connectivity index is 1.98. The molecule has 1 heterocycles. The van der Waals surface area contributed by atoms with Crippen molar-refractivity contribution in [2.45, 2.75) is 45.6 Å². The zero-order chi connectivity index (χ0) is 19.2. The van der Waals surface area contributed by atoms with Crippen LogP contribution in [0.15, 0.2) is 22.6 Å². The summed E-state index contributed by atoms with van der Waals surface area (Å²) in [5.74, 6) is -1.79. The van der Waals surface area contributed by atoms with Gasteiger partial charge in [0.1, 0.15) is 5.82 Å². The molecule has 10 heteroatoms. The third-order valence-corrected chi connectivity index (χ3v) is 5.09. The Labute approximate surface area is 149 Å². The van der Waals surface area contributed by atoms with Gasteiger partial charge in [-0.15, -0.1) is 10.2 Å². The molecule has 0 saturated carbocycles. The minimum Gasteiger partial charge on any atom is -0.415 e. The van der Waals surface area contributed by atoms with Gasteiger partial charge >= 0.3 is 6.43 Å². The number of benzene rings is 1. The van der Waals surface area contributed by atoms with Crippen LogP contribution in [0.1, 0.15) is 50.5 Å². The highest BCUT2D eigenvalue weighted by molar-refractivity contribution is 7.89. The molecule has 26 heavy (non-hydrogen) atoms. The minimum absolute atomic E-state index is 0.00884. The van der Waals surface area contributed by atoms with Crippen LogP contribution >= 0.6 is 0 Å². The number of unbranched alkanes of at least 4 members (excludes halogenated alkanes) is 3. The van der Waals surface area contributed by atoms with Crippen LogP contribution in [0.2, 0.25) is 0 Å². The molecule has 0 aliphatic heterocycles. The standard InChI is InChI=1S/C16H20F3N3O3S/c1-2-3-4-5-8-26(23,24)20-10-12-7-6-11(9-13(12)17)15-21-22-16(25-15)14(18)19/h6-7,9,14,20H,2-5,8,10H2,1H3. The zero-order valence-corrected chi connectivity index (χ0v) is 15.0. The molecular formula is C16H20F3N3O3S. The Kier molecular flexibility index (Phi) is 7.15. The van der Waals surface area contributed by atoms with Gasteiger partial charge in [0.25, 0.3) is 5.89 Å². The average Bonchev–Trinajstić information content (AvgIpc) is 3.08. The minimum atomic E-state index is -3.49. The lowest BCUT2D eigenvalue weighted by molar-refractivity contribution is 0.116. The molecular weight excluding hydrogens is 371 g/mol. The normalized spacial score (nSPS) is 12.0. The molecule has 144 valence electrons. The largest absolute Gasteiger partial charge is 0.415 e. The zero-order valence-electron chi connectivity index (χ0n) is 14.2. The van der Waals surface area contributed by atoms with Crippen molar-refractivity contribution in [3.8, 4) is 11.5 Å². The highest BCUT2D eigenvalue weighted by Crippen LogP contribution is 2.24. The molecule has 0 saturated heterocycles. The van der Waals surface area contributed by atoms with E-state index in [1.165, 1.54) is 12.1 Å². The third-order valence-electron chi connectivity index (χ3n) is 3.68. The summed E-state index contributed by atoms with van der Waals surface area (Å²) in [6.07, 6.45) is 0.435. The van der Waals surface area contributed by atoms with Gasteiger partial charge in [-0.3, -0.25) is 0 Å². The molecule has 0 radical (unpaired) electrons. The molecule has 2 aromatic rings. The fourth-order valence-corrected chi connectivity index (χ4v) is 3.35. The number of nitrogens with one attached hydrogen (secondary N) is 1. The van der Waals surface area contributed by atoms with Gasteiger partial charge < -0.3 is 4.42 Å². The van der Waals surface area contributed by atoms with E-state index < -0.39 is 28.2 Å². The van der Waals surface area contributed by atoms with E-state index in [0.29, 0.717) is 6.42 Å². The van der Waals surface area contributed by atoms with Gasteiger partial charge in [0.2, 0.25) is 15.9 Å². The second-order valence-corrected chi connectivity index (χ2v) is 7.68. The predicted molar refractivity (Wildman–Crippen MR) is 89.4 cm³/mol. The van der Waals surface area contributed by atoms with Crippen LogP contribution in [-0.4, -0.2) is 24.4 Å². The molecule has 0 fully saturated rings. The smallest absolute Gasteiger partial charge is 0.314 e. The van der Waals surface area contributed by atoms with Gasteiger partial charge in [0.05, 0.1) is 5.75 Å². The molecule has 0 aliphatic carbocycles. The highest BCUT2D eigenvalue weighted by atomic mass is 32.2. The SMILES string of the molecule is CCCCCCS(=O)(=O)NCc1ccc(-c2nnc(C(F)F)o2)cc1F. The number of sulfonamides is 1. The summed E-state index contributed by atoms with van der Waals surface area (Å²) in [5, 5.41) is 6.61. The van der Waals surface area contributed by atoms with E-state index in [0.717, 1.165) is 25.3 Å². The molecule has 1 aromatic carbocycles. The van der Waals surface area contributed by atoms with E-state index in [4.69, 9.17) is 4.42 Å². The fraction of sp³-hybridized carbons (Fsp3) is 0.500. The van der Waals surface area contributed by atoms with Crippen LogP contribution in [0.4, 0.5) is 13.2 Å². The van der Waals surface area contributed by atoms with Gasteiger partial charge in [-0.25, -0.2) is 17.5 Å². The monoisotopic (exact) mass is 391 g/mol. The van der Waals surface area contributed by atoms with E-state index in [1.807, 2.05) is 6.92 Å². The van der Waals surface area contributed by atoms with E-state index in [9.17, 15) is 21.6 Å². The first-order chi connectivity index (χ1) is 12.3. The Morgan fingerprint density at radius 3 is 2.58 bits per heavy atom. The number of hydrogen-bond acceptors (Lipinski definition) is 5. The van der Waals surface area contributed by atoms with Crippen LogP contribution in [0.25, 0.3) is 11.5 Å². The molecule has 2 rings (SSSR count). The van der Waals surface area contributed by atoms with E-state index in [1.54, 1.807) is 0 Å². The van der Waals surface area contributed by atoms with Crippen LogP contribution < -0.4 is 4.72 Å². The third kappa shape index (κ3) is 5.80. The quantitative estimate of drug-likeness (QED) is 0.623. The Bertz CT molecular complexity index is 825. The van der Waals surface area contributed by atoms with Crippen LogP contribution in [0.5, 0.6) is 0 Å². The molecule has 0 aliphatic rings. The Morgan fingerprint density at radius 1 is 1.19 bits per heavy atom. The lowest BCUT2D eigenvalue weighted by atomic mass is 10.1. The van der Waals surface area contributed by atoms with Crippen molar-refractivity contribution in [1.29, 1.82) is 0 Å². The van der Waals surface area contributed by atoms with E-state index >= 15 is 0 Å². The first kappa shape index (κ1) is 20.4. The van der Waals surface area contributed by atoms with Crippen molar-refractivity contribution >= 4 is 10.0 Å². The Morgan fingerprint density at radius 2 is 1.96 bits per heavy atom. The number of nitrogens with zero attached hydrogens (tertiary/aromatic N) is 2. The molecule has 1 aromatic heterocycles. The number of halogens is 3. The van der Waals surface area contributed by atoms with Crippen molar-refractivity contribution in [3.05, 3.63) is 35.5 Å². The van der Waals surface area contributed by atoms with E-state index in [-0.39, 0.29) is 29.3 Å². The molecule has 0 spiro atoms. The Hall–Kier alpha value is -1.94. The van der Waals surface area contributed by atoms with Crippen molar-refractivity contribution in [3.63, 3.8) is 0 Å². The highest BCUT2D eigenvalue weighted by Gasteiger charge is 2.18. The second kappa shape index (κ2) is 9.13. The summed E-state index contributed by atoms with van der Waals surface area (Å²) >= 11 is 0. The molecule has 0 unspecified atom stereocenters. The number of hydrogen-bond donors (Lipinski definition) is 1. The molecule has 0 amide bonds. The average molecular weight is 391 g/mol. The van der Waals surface area contributed by atoms with Crippen molar-refractivity contribution in [2.24, 2.45) is 0 Å². The fourth-order valence-electron chi connectivity index (χ4n) is 2.24. The maximum atomic E-state index is 14.2. The number of rotatable bonds is 10. The summed E-state index contributed by atoms with van der Waals surface area (Å²) in [6.45, 7) is 1.83. The van der Waals surface area contributed by atoms with Crippen molar-refractivity contribution < 1.29 is 26.0 Å². The molecule has 0 atom stereocenters. The second-order valence-electron chi connectivity index (χ2n) is 5.75. The lowest BCUT2D eigenvalue weighted by Gasteiger charge is -2.08. The van der Waals surface area contributed by atoms with Crippen molar-refractivity contribution in [2.75, 3.05) is 5.75 Å². The first-order valence-electron chi connectivity index (χ1n) is 8.20. The van der Waals surface area contributed by atoms with E-state index in [2.05, 4.69) is 14.9 Å². The molecule has 6 nitrogen and oxygen atoms in total. The number of aromatic nitrogens is 2. The van der Waals surface area contributed by atoms with Gasteiger partial charge in [0.15, 0.2) is 0 Å². The summed E-state index contributed by atoms with van der Waals surface area (Å²) < 4.78 is 69.9. The summed E-state index contributed by atoms with van der Waals surface area (Å²) in [7, 11) is -3.49. The van der Waals surface area contributed by atoms with Gasteiger partial charge in [-0.1, -0.05) is 32.3 Å². The lowest BCUT2D eigenvalue weighted by Crippen LogP contribution is -2.26. The topological polar surface area (TPSA) is 85.1 Å². The molecule has 0 bridgehead atoms. The van der Waals surface area contributed by atoms with Gasteiger partial charge in [-0.2, -0.15) is 8.78 Å². The number of alkyl halides is 2. The maximum Gasteiger partial charge on any atom is 0.314 e. The maximum absolute atomic E-state index is 14.2. The van der Waals surface area contributed by atoms with Gasteiger partial charge in [-0.05, 0) is 18.6 Å². The van der Waals surface area contributed by atoms with Crippen LogP contribution in [0, 0.1) is 5.82 Å². The summed E-state index contributed by atoms with van der Waals surface area (Å²) in [4.78, 5) is 0. The van der Waals surface area contributed by atoms with Crippen LogP contribution in [-0.2, 0) is 16.6 Å². The summed E-state index contributed by atoms with van der Waals surface area (Å²) in [6, 6.07) is 3.78. The van der Waals surface area contributed by atoms with Gasteiger partial charge in [0, 0.05) is 17.7 Å². The van der Waals surface area contributed by atoms with Crippen LogP contribution in [0.3, 0.4) is 0 Å². The summed E-state index contributed by atoms with van der Waals surface area (Å²) in [5.41, 5.74) is 0.257. The first-order valence-corrected chi connectivity index (χ1v) is 9.85.